The summed E-state index contributed by atoms with van der Waals surface area (Å²) in [5.41, 5.74) is 3.40. The van der Waals surface area contributed by atoms with Crippen LogP contribution in [0.25, 0.3) is 0 Å². The Morgan fingerprint density at radius 3 is 2.33 bits per heavy atom. The van der Waals surface area contributed by atoms with Gasteiger partial charge in [0.1, 0.15) is 17.7 Å². The zero-order chi connectivity index (χ0) is 20.8. The van der Waals surface area contributed by atoms with Crippen LogP contribution < -0.4 is 4.74 Å². The van der Waals surface area contributed by atoms with Crippen molar-refractivity contribution in [3.63, 3.8) is 0 Å². The van der Waals surface area contributed by atoms with Gasteiger partial charge < -0.3 is 9.64 Å². The Balaban J connectivity index is 1.44. The number of benzene rings is 3. The molecule has 1 fully saturated rings. The van der Waals surface area contributed by atoms with Crippen molar-refractivity contribution in [2.45, 2.75) is 31.2 Å². The Morgan fingerprint density at radius 1 is 1.00 bits per heavy atom. The monoisotopic (exact) mass is 417 g/mol. The average molecular weight is 418 g/mol. The first-order valence-corrected chi connectivity index (χ1v) is 11.5. The van der Waals surface area contributed by atoms with Crippen LogP contribution in [0.4, 0.5) is 0 Å². The zero-order valence-corrected chi connectivity index (χ0v) is 18.1. The first kappa shape index (κ1) is 20.5. The Kier molecular flexibility index (Phi) is 6.75. The van der Waals surface area contributed by atoms with Crippen LogP contribution in [0.15, 0.2) is 84.9 Å². The van der Waals surface area contributed by atoms with Gasteiger partial charge in [0.05, 0.1) is 5.92 Å². The lowest BCUT2D eigenvalue weighted by molar-refractivity contribution is -0.133. The van der Waals surface area contributed by atoms with Gasteiger partial charge in [0.15, 0.2) is 0 Å². The lowest BCUT2D eigenvalue weighted by atomic mass is 9.95. The molecule has 0 radical (unpaired) electrons. The molecule has 0 N–H and O–H groups in total. The van der Waals surface area contributed by atoms with Gasteiger partial charge in [-0.3, -0.25) is 4.79 Å². The molecule has 4 rings (SSSR count). The number of amides is 1. The predicted octanol–water partition coefficient (Wildman–Crippen LogP) is 6.03. The smallest absolute Gasteiger partial charge is 0.231 e. The van der Waals surface area contributed by atoms with E-state index in [-0.39, 0.29) is 17.2 Å². The molecule has 30 heavy (non-hydrogen) atoms. The highest BCUT2D eigenvalue weighted by Gasteiger charge is 2.34. The van der Waals surface area contributed by atoms with Crippen molar-refractivity contribution >= 4 is 17.7 Å². The molecule has 4 heteroatoms. The van der Waals surface area contributed by atoms with Gasteiger partial charge in [-0.2, -0.15) is 0 Å². The van der Waals surface area contributed by atoms with Gasteiger partial charge in [0.25, 0.3) is 0 Å². The molecule has 2 atom stereocenters. The fourth-order valence-electron chi connectivity index (χ4n) is 3.88. The summed E-state index contributed by atoms with van der Waals surface area (Å²) < 4.78 is 5.91. The minimum atomic E-state index is -0.0825. The van der Waals surface area contributed by atoms with Gasteiger partial charge in [0.2, 0.25) is 5.91 Å². The van der Waals surface area contributed by atoms with E-state index in [1.165, 1.54) is 0 Å². The zero-order valence-electron chi connectivity index (χ0n) is 17.2. The van der Waals surface area contributed by atoms with Gasteiger partial charge in [-0.15, -0.1) is 11.8 Å². The van der Waals surface area contributed by atoms with Crippen molar-refractivity contribution in [1.29, 1.82) is 0 Å². The molecular formula is C26H27NO2S. The van der Waals surface area contributed by atoms with Crippen LogP contribution in [0.1, 0.15) is 41.3 Å². The first-order valence-electron chi connectivity index (χ1n) is 10.5. The summed E-state index contributed by atoms with van der Waals surface area (Å²) in [4.78, 5) is 15.4. The van der Waals surface area contributed by atoms with Gasteiger partial charge in [0, 0.05) is 12.3 Å². The van der Waals surface area contributed by atoms with E-state index < -0.39 is 0 Å². The third kappa shape index (κ3) is 4.71. The Morgan fingerprint density at radius 2 is 1.67 bits per heavy atom. The quantitative estimate of drug-likeness (QED) is 0.470. The van der Waals surface area contributed by atoms with Crippen molar-refractivity contribution < 1.29 is 9.53 Å². The van der Waals surface area contributed by atoms with E-state index in [2.05, 4.69) is 43.3 Å². The Hall–Kier alpha value is -2.72. The molecule has 0 spiro atoms. The van der Waals surface area contributed by atoms with E-state index in [0.29, 0.717) is 6.61 Å². The largest absolute Gasteiger partial charge is 0.489 e. The van der Waals surface area contributed by atoms with Crippen LogP contribution in [-0.2, 0) is 11.4 Å². The van der Waals surface area contributed by atoms with Crippen LogP contribution in [0.2, 0.25) is 0 Å². The van der Waals surface area contributed by atoms with Crippen LogP contribution in [0.5, 0.6) is 5.75 Å². The Bertz CT molecular complexity index is 944. The molecule has 154 valence electrons. The standard InChI is InChI=1S/C26H27NO2S/c1-2-24(21-11-7-4-8-12-21)25(28)27-17-18-30-26(27)22-13-15-23(16-14-22)29-19-20-9-5-3-6-10-20/h3-16,24,26H,2,17-19H2,1H3/t24-,26+/m0/s1. The summed E-state index contributed by atoms with van der Waals surface area (Å²) in [6.07, 6.45) is 0.809. The minimum Gasteiger partial charge on any atom is -0.489 e. The second-order valence-corrected chi connectivity index (χ2v) is 8.66. The lowest BCUT2D eigenvalue weighted by Crippen LogP contribution is -2.34. The second kappa shape index (κ2) is 9.86. The molecule has 1 aliphatic heterocycles. The van der Waals surface area contributed by atoms with Crippen molar-refractivity contribution in [1.82, 2.24) is 4.90 Å². The molecule has 0 aliphatic carbocycles. The molecule has 0 bridgehead atoms. The highest BCUT2D eigenvalue weighted by Crippen LogP contribution is 2.40. The summed E-state index contributed by atoms with van der Waals surface area (Å²) in [7, 11) is 0. The highest BCUT2D eigenvalue weighted by atomic mass is 32.2. The summed E-state index contributed by atoms with van der Waals surface area (Å²) in [5.74, 6) is 1.96. The van der Waals surface area contributed by atoms with Crippen molar-refractivity contribution in [2.24, 2.45) is 0 Å². The summed E-state index contributed by atoms with van der Waals surface area (Å²) in [6, 6.07) is 28.5. The number of hydrogen-bond acceptors (Lipinski definition) is 3. The van der Waals surface area contributed by atoms with Gasteiger partial charge in [-0.1, -0.05) is 79.7 Å². The molecule has 1 saturated heterocycles. The van der Waals surface area contributed by atoms with E-state index in [1.807, 2.05) is 65.2 Å². The molecule has 0 saturated carbocycles. The maximum atomic E-state index is 13.4. The maximum absolute atomic E-state index is 13.4. The van der Waals surface area contributed by atoms with Crippen LogP contribution in [0.3, 0.4) is 0 Å². The molecule has 1 heterocycles. The number of hydrogen-bond donors (Lipinski definition) is 0. The van der Waals surface area contributed by atoms with E-state index >= 15 is 0 Å². The van der Waals surface area contributed by atoms with Crippen molar-refractivity contribution in [2.75, 3.05) is 12.3 Å². The normalized spacial score (nSPS) is 17.0. The number of carbonyl (C=O) groups excluding carboxylic acids is 1. The number of rotatable bonds is 7. The van der Waals surface area contributed by atoms with Crippen LogP contribution in [-0.4, -0.2) is 23.1 Å². The SMILES string of the molecule is CC[C@H](C(=O)N1CCS[C@@H]1c1ccc(OCc2ccccc2)cc1)c1ccccc1. The first-order chi connectivity index (χ1) is 14.8. The predicted molar refractivity (Wildman–Crippen MR) is 124 cm³/mol. The minimum absolute atomic E-state index is 0.0680. The molecule has 0 aromatic heterocycles. The molecule has 0 unspecified atom stereocenters. The maximum Gasteiger partial charge on any atom is 0.231 e. The summed E-state index contributed by atoms with van der Waals surface area (Å²) >= 11 is 1.84. The molecule has 3 nitrogen and oxygen atoms in total. The van der Waals surface area contributed by atoms with Crippen molar-refractivity contribution in [3.8, 4) is 5.75 Å². The number of carbonyl (C=O) groups is 1. The average Bonchev–Trinajstić information content (AvgIpc) is 3.30. The third-order valence-electron chi connectivity index (χ3n) is 5.50. The highest BCUT2D eigenvalue weighted by molar-refractivity contribution is 7.99. The van der Waals surface area contributed by atoms with E-state index in [0.717, 1.165) is 41.2 Å². The molecule has 3 aromatic carbocycles. The van der Waals surface area contributed by atoms with E-state index in [9.17, 15) is 4.79 Å². The number of ether oxygens (including phenoxy) is 1. The fraction of sp³-hybridized carbons (Fsp3) is 0.269. The third-order valence-corrected chi connectivity index (χ3v) is 6.76. The number of thioether (sulfide) groups is 1. The van der Waals surface area contributed by atoms with E-state index in [4.69, 9.17) is 4.74 Å². The summed E-state index contributed by atoms with van der Waals surface area (Å²) in [6.45, 7) is 3.44. The molecule has 3 aromatic rings. The lowest BCUT2D eigenvalue weighted by Gasteiger charge is -2.28. The fourth-order valence-corrected chi connectivity index (χ4v) is 5.14. The van der Waals surface area contributed by atoms with Gasteiger partial charge >= 0.3 is 0 Å². The second-order valence-electron chi connectivity index (χ2n) is 7.47. The van der Waals surface area contributed by atoms with Crippen molar-refractivity contribution in [3.05, 3.63) is 102 Å². The van der Waals surface area contributed by atoms with Gasteiger partial charge in [-0.25, -0.2) is 0 Å². The number of nitrogens with zero attached hydrogens (tertiary/aromatic N) is 1. The molecule has 1 aliphatic rings. The molecule has 1 amide bonds. The molecular weight excluding hydrogens is 390 g/mol. The van der Waals surface area contributed by atoms with E-state index in [1.54, 1.807) is 0 Å². The van der Waals surface area contributed by atoms with Crippen LogP contribution in [0, 0.1) is 0 Å². The summed E-state index contributed by atoms with van der Waals surface area (Å²) in [5, 5.41) is 0.0680. The van der Waals surface area contributed by atoms with Crippen LogP contribution >= 0.6 is 11.8 Å². The van der Waals surface area contributed by atoms with Gasteiger partial charge in [-0.05, 0) is 35.2 Å². The topological polar surface area (TPSA) is 29.5 Å². The Labute approximate surface area is 183 Å².